The average molecular weight is 484 g/mol. The van der Waals surface area contributed by atoms with Crippen molar-refractivity contribution in [1.82, 2.24) is 19.5 Å². The number of nitrogens with zero attached hydrogens (tertiary/aromatic N) is 6. The Morgan fingerprint density at radius 1 is 1.24 bits per heavy atom. The summed E-state index contributed by atoms with van der Waals surface area (Å²) in [5.74, 6) is 1.51. The van der Waals surface area contributed by atoms with Crippen LogP contribution in [-0.4, -0.2) is 65.5 Å². The molecular weight excluding hydrogens is 450 g/mol. The SMILES string of the molecule is CCO[C@H]1CN(c2nccs2)C[C@H]1Nc1c(C)nc(-c2cnc(N(C)C)cc2C)n(CC)c1=O. The Balaban J connectivity index is 1.68. The highest BCUT2D eigenvalue weighted by Crippen LogP contribution is 2.28. The molecule has 1 aliphatic rings. The van der Waals surface area contributed by atoms with Gasteiger partial charge in [-0.1, -0.05) is 0 Å². The third-order valence-electron chi connectivity index (χ3n) is 6.13. The summed E-state index contributed by atoms with van der Waals surface area (Å²) in [6, 6.07) is 1.97. The topological polar surface area (TPSA) is 88.4 Å². The number of thiazole rings is 1. The Labute approximate surface area is 204 Å². The van der Waals surface area contributed by atoms with Crippen LogP contribution in [0.25, 0.3) is 11.4 Å². The molecule has 4 heterocycles. The van der Waals surface area contributed by atoms with Gasteiger partial charge >= 0.3 is 0 Å². The van der Waals surface area contributed by atoms with E-state index in [2.05, 4.69) is 20.2 Å². The van der Waals surface area contributed by atoms with E-state index in [1.54, 1.807) is 22.1 Å². The van der Waals surface area contributed by atoms with Gasteiger partial charge in [0.05, 0.1) is 17.8 Å². The van der Waals surface area contributed by atoms with Crippen molar-refractivity contribution in [2.45, 2.75) is 46.4 Å². The first kappa shape index (κ1) is 24.2. The van der Waals surface area contributed by atoms with Gasteiger partial charge in [0.25, 0.3) is 5.56 Å². The second-order valence-electron chi connectivity index (χ2n) is 8.66. The van der Waals surface area contributed by atoms with E-state index in [-0.39, 0.29) is 17.7 Å². The number of hydrogen-bond acceptors (Lipinski definition) is 9. The quantitative estimate of drug-likeness (QED) is 0.523. The second kappa shape index (κ2) is 10.1. The predicted octanol–water partition coefficient (Wildman–Crippen LogP) is 3.17. The minimum absolute atomic E-state index is 0.0454. The summed E-state index contributed by atoms with van der Waals surface area (Å²) in [6.45, 7) is 10.4. The lowest BCUT2D eigenvalue weighted by Crippen LogP contribution is -2.38. The maximum Gasteiger partial charge on any atom is 0.277 e. The van der Waals surface area contributed by atoms with Crippen molar-refractivity contribution in [1.29, 1.82) is 0 Å². The lowest BCUT2D eigenvalue weighted by atomic mass is 10.1. The molecular formula is C24H33N7O2S. The molecule has 0 aliphatic carbocycles. The van der Waals surface area contributed by atoms with Gasteiger partial charge in [0.2, 0.25) is 0 Å². The van der Waals surface area contributed by atoms with Gasteiger partial charge in [-0.2, -0.15) is 0 Å². The van der Waals surface area contributed by atoms with Crippen molar-refractivity contribution in [3.63, 3.8) is 0 Å². The molecule has 10 heteroatoms. The van der Waals surface area contributed by atoms with Gasteiger partial charge in [-0.05, 0) is 39.3 Å². The van der Waals surface area contributed by atoms with E-state index in [1.807, 2.05) is 64.3 Å². The summed E-state index contributed by atoms with van der Waals surface area (Å²) < 4.78 is 7.74. The smallest absolute Gasteiger partial charge is 0.277 e. The van der Waals surface area contributed by atoms with Gasteiger partial charge in [0.15, 0.2) is 5.13 Å². The molecule has 3 aromatic heterocycles. The van der Waals surface area contributed by atoms with Crippen LogP contribution in [0.5, 0.6) is 0 Å². The number of pyridine rings is 1. The first-order chi connectivity index (χ1) is 16.3. The Bertz CT molecular complexity index is 1190. The van der Waals surface area contributed by atoms with Crippen molar-refractivity contribution in [3.05, 3.63) is 45.5 Å². The molecule has 1 N–H and O–H groups in total. The molecule has 0 bridgehead atoms. The van der Waals surface area contributed by atoms with Crippen molar-refractivity contribution in [3.8, 4) is 11.4 Å². The molecule has 4 rings (SSSR count). The number of hydrogen-bond donors (Lipinski definition) is 1. The number of rotatable bonds is 8. The molecule has 1 saturated heterocycles. The minimum Gasteiger partial charge on any atom is -0.374 e. The fourth-order valence-corrected chi connectivity index (χ4v) is 5.02. The Morgan fingerprint density at radius 2 is 2.03 bits per heavy atom. The number of anilines is 3. The number of aryl methyl sites for hydroxylation is 2. The maximum absolute atomic E-state index is 13.6. The Hall–Kier alpha value is -2.98. The van der Waals surface area contributed by atoms with E-state index >= 15 is 0 Å². The minimum atomic E-state index is -0.0796. The van der Waals surface area contributed by atoms with Crippen LogP contribution in [0, 0.1) is 13.8 Å². The zero-order chi connectivity index (χ0) is 24.4. The molecule has 0 amide bonds. The summed E-state index contributed by atoms with van der Waals surface area (Å²) >= 11 is 1.61. The van der Waals surface area contributed by atoms with Crippen molar-refractivity contribution in [2.75, 3.05) is 48.9 Å². The van der Waals surface area contributed by atoms with E-state index < -0.39 is 0 Å². The van der Waals surface area contributed by atoms with Gasteiger partial charge in [-0.15, -0.1) is 11.3 Å². The van der Waals surface area contributed by atoms with Gasteiger partial charge in [0, 0.05) is 63.7 Å². The molecule has 2 atom stereocenters. The van der Waals surface area contributed by atoms with Gasteiger partial charge in [0.1, 0.15) is 17.3 Å². The molecule has 3 aromatic rings. The highest BCUT2D eigenvalue weighted by molar-refractivity contribution is 7.13. The lowest BCUT2D eigenvalue weighted by molar-refractivity contribution is 0.0720. The normalized spacial score (nSPS) is 17.9. The zero-order valence-corrected chi connectivity index (χ0v) is 21.5. The fourth-order valence-electron chi connectivity index (χ4n) is 4.36. The molecule has 0 aromatic carbocycles. The monoisotopic (exact) mass is 483 g/mol. The predicted molar refractivity (Wildman–Crippen MR) is 138 cm³/mol. The highest BCUT2D eigenvalue weighted by atomic mass is 32.1. The lowest BCUT2D eigenvalue weighted by Gasteiger charge is -2.23. The second-order valence-corrected chi connectivity index (χ2v) is 9.53. The maximum atomic E-state index is 13.6. The van der Waals surface area contributed by atoms with Gasteiger partial charge < -0.3 is 19.9 Å². The summed E-state index contributed by atoms with van der Waals surface area (Å²) in [5, 5.41) is 6.43. The molecule has 182 valence electrons. The third kappa shape index (κ3) is 4.65. The van der Waals surface area contributed by atoms with Gasteiger partial charge in [-0.25, -0.2) is 15.0 Å². The molecule has 0 saturated carbocycles. The van der Waals surface area contributed by atoms with Crippen molar-refractivity contribution in [2.24, 2.45) is 0 Å². The molecule has 1 fully saturated rings. The molecule has 1 aliphatic heterocycles. The third-order valence-corrected chi connectivity index (χ3v) is 6.96. The van der Waals surface area contributed by atoms with Crippen LogP contribution in [0.1, 0.15) is 25.1 Å². The van der Waals surface area contributed by atoms with Gasteiger partial charge in [-0.3, -0.25) is 9.36 Å². The van der Waals surface area contributed by atoms with E-state index in [9.17, 15) is 4.79 Å². The standard InChI is InChI=1S/C24H33N7O2S/c1-7-31-22(17-12-26-20(29(5)6)11-15(17)3)27-16(4)21(23(31)32)28-18-13-30(14-19(18)33-8-2)24-25-9-10-34-24/h9-12,18-19,28H,7-8,13-14H2,1-6H3/t18-,19+/m1/s1. The van der Waals surface area contributed by atoms with E-state index in [4.69, 9.17) is 9.72 Å². The Kier molecular flexibility index (Phi) is 7.18. The van der Waals surface area contributed by atoms with E-state index in [0.29, 0.717) is 36.9 Å². The summed E-state index contributed by atoms with van der Waals surface area (Å²) in [5.41, 5.74) is 3.01. The summed E-state index contributed by atoms with van der Waals surface area (Å²) in [4.78, 5) is 31.7. The van der Waals surface area contributed by atoms with Crippen LogP contribution in [0.4, 0.5) is 16.6 Å². The van der Waals surface area contributed by atoms with Crippen molar-refractivity contribution < 1.29 is 4.74 Å². The largest absolute Gasteiger partial charge is 0.374 e. The van der Waals surface area contributed by atoms with Crippen molar-refractivity contribution >= 4 is 28.0 Å². The first-order valence-electron chi connectivity index (χ1n) is 11.6. The zero-order valence-electron chi connectivity index (χ0n) is 20.7. The van der Waals surface area contributed by atoms with Crippen LogP contribution in [0.15, 0.2) is 28.6 Å². The highest BCUT2D eigenvalue weighted by Gasteiger charge is 2.35. The number of nitrogens with one attached hydrogen (secondary N) is 1. The molecule has 34 heavy (non-hydrogen) atoms. The number of ether oxygens (including phenoxy) is 1. The van der Waals surface area contributed by atoms with Crippen LogP contribution in [0.3, 0.4) is 0 Å². The first-order valence-corrected chi connectivity index (χ1v) is 12.5. The van der Waals surface area contributed by atoms with Crippen LogP contribution in [0.2, 0.25) is 0 Å². The van der Waals surface area contributed by atoms with E-state index in [0.717, 1.165) is 28.6 Å². The summed E-state index contributed by atoms with van der Waals surface area (Å²) in [6.07, 6.45) is 3.57. The van der Waals surface area contributed by atoms with Crippen LogP contribution < -0.4 is 20.7 Å². The summed E-state index contributed by atoms with van der Waals surface area (Å²) in [7, 11) is 3.92. The molecule has 0 unspecified atom stereocenters. The number of aromatic nitrogens is 4. The molecule has 9 nitrogen and oxygen atoms in total. The Morgan fingerprint density at radius 3 is 2.65 bits per heavy atom. The molecule has 0 radical (unpaired) electrons. The molecule has 0 spiro atoms. The van der Waals surface area contributed by atoms with Crippen LogP contribution in [-0.2, 0) is 11.3 Å². The van der Waals surface area contributed by atoms with E-state index in [1.165, 1.54) is 0 Å². The van der Waals surface area contributed by atoms with Crippen LogP contribution >= 0.6 is 11.3 Å². The average Bonchev–Trinajstić information content (AvgIpc) is 3.47. The fraction of sp³-hybridized carbons (Fsp3) is 0.500.